The summed E-state index contributed by atoms with van der Waals surface area (Å²) in [6.45, 7) is 3.85. The minimum atomic E-state index is -2.21. The van der Waals surface area contributed by atoms with Gasteiger partial charge in [0.05, 0.1) is 19.0 Å². The average Bonchev–Trinajstić information content (AvgIpc) is 2.03. The van der Waals surface area contributed by atoms with Crippen molar-refractivity contribution in [2.24, 2.45) is 0 Å². The molecule has 0 saturated carbocycles. The fraction of sp³-hybridized carbons (Fsp3) is 1.00. The van der Waals surface area contributed by atoms with Gasteiger partial charge in [-0.2, -0.15) is 0 Å². The van der Waals surface area contributed by atoms with Crippen LogP contribution in [0, 0.1) is 0 Å². The van der Waals surface area contributed by atoms with Gasteiger partial charge in [0.25, 0.3) is 0 Å². The number of hydrogen-bond donors (Lipinski definition) is 1. The van der Waals surface area contributed by atoms with E-state index < -0.39 is 10.7 Å². The molecule has 1 saturated heterocycles. The molecule has 0 spiro atoms. The van der Waals surface area contributed by atoms with E-state index in [2.05, 4.69) is 4.90 Å². The monoisotopic (exact) mass is 179 g/mol. The van der Waals surface area contributed by atoms with E-state index in [0.29, 0.717) is 6.54 Å². The summed E-state index contributed by atoms with van der Waals surface area (Å²) in [4.78, 5) is 2.11. The predicted molar refractivity (Wildman–Crippen MR) is 42.4 cm³/mol. The third-order valence-electron chi connectivity index (χ3n) is 1.70. The SMILES string of the molecule is O=[SH](=O)CCN1CCOCC1. The van der Waals surface area contributed by atoms with Crippen molar-refractivity contribution in [1.29, 1.82) is 0 Å². The highest BCUT2D eigenvalue weighted by atomic mass is 32.2. The summed E-state index contributed by atoms with van der Waals surface area (Å²) in [7, 11) is -2.21. The molecule has 0 amide bonds. The molecule has 11 heavy (non-hydrogen) atoms. The third-order valence-corrected chi connectivity index (χ3v) is 2.27. The van der Waals surface area contributed by atoms with Gasteiger partial charge in [-0.3, -0.25) is 4.90 Å². The number of ether oxygens (including phenoxy) is 1. The number of nitrogens with zero attached hydrogens (tertiary/aromatic N) is 1. The summed E-state index contributed by atoms with van der Waals surface area (Å²) in [6.07, 6.45) is 0. The van der Waals surface area contributed by atoms with Gasteiger partial charge in [0.15, 0.2) is 0 Å². The van der Waals surface area contributed by atoms with Gasteiger partial charge in [0.2, 0.25) is 0 Å². The molecule has 0 aliphatic carbocycles. The lowest BCUT2D eigenvalue weighted by molar-refractivity contribution is 0.0408. The van der Waals surface area contributed by atoms with Crippen LogP contribution in [0.15, 0.2) is 0 Å². The van der Waals surface area contributed by atoms with Crippen molar-refractivity contribution in [3.63, 3.8) is 0 Å². The van der Waals surface area contributed by atoms with E-state index in [1.807, 2.05) is 0 Å². The maximum atomic E-state index is 10.2. The molecule has 0 aromatic rings. The Morgan fingerprint density at radius 3 is 2.45 bits per heavy atom. The largest absolute Gasteiger partial charge is 0.379 e. The highest BCUT2D eigenvalue weighted by Crippen LogP contribution is 1.94. The van der Waals surface area contributed by atoms with Crippen LogP contribution >= 0.6 is 0 Å². The molecule has 1 fully saturated rings. The molecule has 5 heteroatoms. The Kier molecular flexibility index (Phi) is 3.82. The van der Waals surface area contributed by atoms with Crippen LogP contribution in [-0.4, -0.2) is 51.9 Å². The zero-order valence-corrected chi connectivity index (χ0v) is 7.26. The molecule has 0 aromatic heterocycles. The first-order valence-electron chi connectivity index (χ1n) is 3.71. The smallest absolute Gasteiger partial charge is 0.141 e. The van der Waals surface area contributed by atoms with E-state index >= 15 is 0 Å². The summed E-state index contributed by atoms with van der Waals surface area (Å²) in [5, 5.41) is 0. The minimum Gasteiger partial charge on any atom is -0.379 e. The Morgan fingerprint density at radius 1 is 1.27 bits per heavy atom. The fourth-order valence-electron chi connectivity index (χ4n) is 1.05. The van der Waals surface area contributed by atoms with Crippen LogP contribution in [0.3, 0.4) is 0 Å². The Morgan fingerprint density at radius 2 is 1.91 bits per heavy atom. The molecule has 0 unspecified atom stereocenters. The molecule has 1 aliphatic rings. The zero-order valence-electron chi connectivity index (χ0n) is 6.36. The Hall–Kier alpha value is -0.130. The van der Waals surface area contributed by atoms with Crippen LogP contribution in [0.5, 0.6) is 0 Å². The Labute approximate surface area is 68.1 Å². The van der Waals surface area contributed by atoms with Crippen molar-refractivity contribution in [3.05, 3.63) is 0 Å². The fourth-order valence-corrected chi connectivity index (χ4v) is 1.49. The van der Waals surface area contributed by atoms with Gasteiger partial charge in [-0.15, -0.1) is 0 Å². The molecule has 66 valence electrons. The first kappa shape index (κ1) is 8.96. The Balaban J connectivity index is 2.14. The average molecular weight is 179 g/mol. The number of hydrogen-bond acceptors (Lipinski definition) is 4. The van der Waals surface area contributed by atoms with Gasteiger partial charge in [0.1, 0.15) is 10.7 Å². The lowest BCUT2D eigenvalue weighted by Crippen LogP contribution is -2.38. The van der Waals surface area contributed by atoms with Crippen molar-refractivity contribution in [1.82, 2.24) is 4.90 Å². The number of morpholine rings is 1. The molecule has 0 N–H and O–H groups in total. The van der Waals surface area contributed by atoms with E-state index in [1.54, 1.807) is 0 Å². The quantitative estimate of drug-likeness (QED) is 0.560. The van der Waals surface area contributed by atoms with Crippen molar-refractivity contribution >= 4 is 10.7 Å². The van der Waals surface area contributed by atoms with Gasteiger partial charge in [0, 0.05) is 19.6 Å². The molecule has 4 nitrogen and oxygen atoms in total. The summed E-state index contributed by atoms with van der Waals surface area (Å²) in [6, 6.07) is 0. The van der Waals surface area contributed by atoms with Gasteiger partial charge in [-0.1, -0.05) is 0 Å². The lowest BCUT2D eigenvalue weighted by atomic mass is 10.4. The van der Waals surface area contributed by atoms with Crippen LogP contribution in [0.1, 0.15) is 0 Å². The standard InChI is InChI=1S/C6H13NO3S/c8-11(9)6-3-7-1-4-10-5-2-7/h11H,1-6H2. The van der Waals surface area contributed by atoms with Crippen LogP contribution in [0.2, 0.25) is 0 Å². The number of rotatable bonds is 3. The second-order valence-corrected chi connectivity index (χ2v) is 3.62. The molecule has 0 atom stereocenters. The van der Waals surface area contributed by atoms with E-state index in [4.69, 9.17) is 4.74 Å². The van der Waals surface area contributed by atoms with Crippen molar-refractivity contribution < 1.29 is 13.2 Å². The minimum absolute atomic E-state index is 0.273. The molecular weight excluding hydrogens is 166 g/mol. The molecule has 1 heterocycles. The lowest BCUT2D eigenvalue weighted by Gasteiger charge is -2.25. The topological polar surface area (TPSA) is 46.6 Å². The molecule has 0 aromatic carbocycles. The first-order chi connectivity index (χ1) is 5.29. The molecular formula is C6H13NO3S. The van der Waals surface area contributed by atoms with Gasteiger partial charge < -0.3 is 4.74 Å². The van der Waals surface area contributed by atoms with Gasteiger partial charge in [-0.25, -0.2) is 8.42 Å². The van der Waals surface area contributed by atoms with E-state index in [0.717, 1.165) is 26.3 Å². The Bertz CT molecular complexity index is 167. The van der Waals surface area contributed by atoms with E-state index in [-0.39, 0.29) is 5.75 Å². The summed E-state index contributed by atoms with van der Waals surface area (Å²) in [5.41, 5.74) is 0. The maximum absolute atomic E-state index is 10.2. The number of thiol groups is 1. The van der Waals surface area contributed by atoms with E-state index in [1.165, 1.54) is 0 Å². The molecule has 1 aliphatic heterocycles. The van der Waals surface area contributed by atoms with Crippen LogP contribution in [-0.2, 0) is 15.4 Å². The molecule has 1 rings (SSSR count). The van der Waals surface area contributed by atoms with Crippen LogP contribution in [0.4, 0.5) is 0 Å². The zero-order chi connectivity index (χ0) is 8.10. The first-order valence-corrected chi connectivity index (χ1v) is 5.07. The molecule has 0 radical (unpaired) electrons. The predicted octanol–water partition coefficient (Wildman–Crippen LogP) is -1.07. The summed E-state index contributed by atoms with van der Waals surface area (Å²) >= 11 is 0. The van der Waals surface area contributed by atoms with Crippen molar-refractivity contribution in [3.8, 4) is 0 Å². The highest BCUT2D eigenvalue weighted by molar-refractivity contribution is 7.72. The second kappa shape index (κ2) is 4.69. The highest BCUT2D eigenvalue weighted by Gasteiger charge is 2.09. The van der Waals surface area contributed by atoms with Crippen molar-refractivity contribution in [2.45, 2.75) is 0 Å². The van der Waals surface area contributed by atoms with Gasteiger partial charge in [-0.05, 0) is 0 Å². The summed E-state index contributed by atoms with van der Waals surface area (Å²) < 4.78 is 25.6. The van der Waals surface area contributed by atoms with Crippen LogP contribution < -0.4 is 0 Å². The van der Waals surface area contributed by atoms with Gasteiger partial charge >= 0.3 is 0 Å². The second-order valence-electron chi connectivity index (χ2n) is 2.51. The summed E-state index contributed by atoms with van der Waals surface area (Å²) in [5.74, 6) is 0.273. The van der Waals surface area contributed by atoms with Crippen LogP contribution in [0.25, 0.3) is 0 Å². The normalized spacial score (nSPS) is 20.8. The third kappa shape index (κ3) is 3.69. The molecule has 0 bridgehead atoms. The maximum Gasteiger partial charge on any atom is 0.141 e. The van der Waals surface area contributed by atoms with Crippen molar-refractivity contribution in [2.75, 3.05) is 38.6 Å². The van der Waals surface area contributed by atoms with E-state index in [9.17, 15) is 8.42 Å².